The van der Waals surface area contributed by atoms with E-state index in [0.717, 1.165) is 6.42 Å². The summed E-state index contributed by atoms with van der Waals surface area (Å²) in [6.45, 7) is 1.98. The summed E-state index contributed by atoms with van der Waals surface area (Å²) < 4.78 is 37.5. The SMILES string of the molecule is CN(CCCN)C(=O)CN1CCC(C(F)(F)F)CC1. The maximum atomic E-state index is 12.5. The summed E-state index contributed by atoms with van der Waals surface area (Å²) in [6, 6.07) is 0. The standard InChI is InChI=1S/C12H22F3N3O/c1-17(6-2-5-16)11(19)9-18-7-3-10(4-8-18)12(13,14)15/h10H,2-9,16H2,1H3. The van der Waals surface area contributed by atoms with Gasteiger partial charge >= 0.3 is 6.18 Å². The number of amides is 1. The van der Waals surface area contributed by atoms with Crippen molar-refractivity contribution in [3.05, 3.63) is 0 Å². The smallest absolute Gasteiger partial charge is 0.345 e. The monoisotopic (exact) mass is 281 g/mol. The van der Waals surface area contributed by atoms with Crippen molar-refractivity contribution in [2.24, 2.45) is 11.7 Å². The number of halogens is 3. The third kappa shape index (κ3) is 5.36. The minimum absolute atomic E-state index is 0.0566. The highest BCUT2D eigenvalue weighted by Gasteiger charge is 2.41. The van der Waals surface area contributed by atoms with Gasteiger partial charge in [0.15, 0.2) is 0 Å². The highest BCUT2D eigenvalue weighted by molar-refractivity contribution is 5.77. The second-order valence-electron chi connectivity index (χ2n) is 5.05. The van der Waals surface area contributed by atoms with Gasteiger partial charge in [-0.05, 0) is 38.9 Å². The van der Waals surface area contributed by atoms with Crippen LogP contribution in [0.3, 0.4) is 0 Å². The van der Waals surface area contributed by atoms with Gasteiger partial charge in [0, 0.05) is 13.6 Å². The zero-order chi connectivity index (χ0) is 14.5. The molecule has 0 spiro atoms. The molecule has 0 unspecified atom stereocenters. The molecule has 0 atom stereocenters. The highest BCUT2D eigenvalue weighted by Crippen LogP contribution is 2.33. The van der Waals surface area contributed by atoms with E-state index in [9.17, 15) is 18.0 Å². The molecule has 0 aromatic carbocycles. The molecule has 1 aliphatic heterocycles. The van der Waals surface area contributed by atoms with E-state index in [1.807, 2.05) is 0 Å². The van der Waals surface area contributed by atoms with Crippen LogP contribution in [0.5, 0.6) is 0 Å². The Labute approximate surface area is 111 Å². The van der Waals surface area contributed by atoms with Crippen LogP contribution in [0.2, 0.25) is 0 Å². The lowest BCUT2D eigenvalue weighted by Gasteiger charge is -2.33. The fourth-order valence-electron chi connectivity index (χ4n) is 2.18. The van der Waals surface area contributed by atoms with E-state index in [0.29, 0.717) is 26.2 Å². The number of rotatable bonds is 5. The maximum absolute atomic E-state index is 12.5. The van der Waals surface area contributed by atoms with Crippen molar-refractivity contribution in [2.45, 2.75) is 25.4 Å². The van der Waals surface area contributed by atoms with Gasteiger partial charge in [0.05, 0.1) is 12.5 Å². The molecule has 1 saturated heterocycles. The summed E-state index contributed by atoms with van der Waals surface area (Å²) in [5.74, 6) is -1.27. The van der Waals surface area contributed by atoms with Gasteiger partial charge < -0.3 is 10.6 Å². The normalized spacial score (nSPS) is 18.6. The molecule has 0 aromatic rings. The Balaban J connectivity index is 2.31. The van der Waals surface area contributed by atoms with Gasteiger partial charge in [0.25, 0.3) is 0 Å². The molecule has 1 amide bonds. The molecular formula is C12H22F3N3O. The van der Waals surface area contributed by atoms with Crippen LogP contribution in [0.4, 0.5) is 13.2 Å². The van der Waals surface area contributed by atoms with Gasteiger partial charge in [-0.1, -0.05) is 0 Å². The zero-order valence-corrected chi connectivity index (χ0v) is 11.2. The molecule has 0 aromatic heterocycles. The van der Waals surface area contributed by atoms with Gasteiger partial charge in [0.1, 0.15) is 0 Å². The average Bonchev–Trinajstić information content (AvgIpc) is 2.35. The van der Waals surface area contributed by atoms with Gasteiger partial charge in [-0.2, -0.15) is 13.2 Å². The summed E-state index contributed by atoms with van der Waals surface area (Å²) in [5.41, 5.74) is 5.36. The maximum Gasteiger partial charge on any atom is 0.391 e. The van der Waals surface area contributed by atoms with E-state index in [-0.39, 0.29) is 25.3 Å². The summed E-state index contributed by atoms with van der Waals surface area (Å²) in [5, 5.41) is 0. The van der Waals surface area contributed by atoms with E-state index < -0.39 is 12.1 Å². The number of carbonyl (C=O) groups is 1. The van der Waals surface area contributed by atoms with E-state index in [2.05, 4.69) is 0 Å². The number of carbonyl (C=O) groups excluding carboxylic acids is 1. The first kappa shape index (κ1) is 16.2. The molecule has 1 aliphatic rings. The fraction of sp³-hybridized carbons (Fsp3) is 0.917. The molecule has 0 radical (unpaired) electrons. The van der Waals surface area contributed by atoms with E-state index in [1.54, 1.807) is 16.8 Å². The van der Waals surface area contributed by atoms with Crippen LogP contribution in [0.15, 0.2) is 0 Å². The Morgan fingerprint density at radius 1 is 1.37 bits per heavy atom. The highest BCUT2D eigenvalue weighted by atomic mass is 19.4. The second kappa shape index (κ2) is 7.09. The van der Waals surface area contributed by atoms with Crippen molar-refractivity contribution in [2.75, 3.05) is 39.8 Å². The average molecular weight is 281 g/mol. The molecule has 1 rings (SSSR count). The molecule has 7 heteroatoms. The summed E-state index contributed by atoms with van der Waals surface area (Å²) in [7, 11) is 1.69. The lowest BCUT2D eigenvalue weighted by atomic mass is 9.96. The first-order valence-corrected chi connectivity index (χ1v) is 6.57. The molecule has 1 fully saturated rings. The van der Waals surface area contributed by atoms with E-state index in [4.69, 9.17) is 5.73 Å². The van der Waals surface area contributed by atoms with Crippen molar-refractivity contribution in [1.29, 1.82) is 0 Å². The lowest BCUT2D eigenvalue weighted by molar-refractivity contribution is -0.185. The summed E-state index contributed by atoms with van der Waals surface area (Å²) in [4.78, 5) is 15.2. The number of alkyl halides is 3. The van der Waals surface area contributed by atoms with Gasteiger partial charge in [-0.3, -0.25) is 9.69 Å². The van der Waals surface area contributed by atoms with Crippen LogP contribution in [0.1, 0.15) is 19.3 Å². The predicted molar refractivity (Wildman–Crippen MR) is 66.5 cm³/mol. The Morgan fingerprint density at radius 3 is 2.42 bits per heavy atom. The number of nitrogens with two attached hydrogens (primary N) is 1. The first-order chi connectivity index (χ1) is 8.84. The summed E-state index contributed by atoms with van der Waals surface area (Å²) in [6.07, 6.45) is -3.20. The molecule has 2 N–H and O–H groups in total. The molecule has 4 nitrogen and oxygen atoms in total. The molecule has 0 saturated carbocycles. The molecule has 1 heterocycles. The number of piperidine rings is 1. The number of nitrogens with zero attached hydrogens (tertiary/aromatic N) is 2. The topological polar surface area (TPSA) is 49.6 Å². The first-order valence-electron chi connectivity index (χ1n) is 6.57. The Kier molecular flexibility index (Phi) is 6.06. The molecule has 0 aliphatic carbocycles. The van der Waals surface area contributed by atoms with Crippen LogP contribution in [-0.2, 0) is 4.79 Å². The Hall–Kier alpha value is -0.820. The van der Waals surface area contributed by atoms with Crippen LogP contribution in [-0.4, -0.2) is 61.7 Å². The van der Waals surface area contributed by atoms with Crippen LogP contribution >= 0.6 is 0 Å². The molecule has 0 bridgehead atoms. The number of hydrogen-bond acceptors (Lipinski definition) is 3. The third-order valence-corrected chi connectivity index (χ3v) is 3.53. The van der Waals surface area contributed by atoms with Crippen molar-refractivity contribution in [1.82, 2.24) is 9.80 Å². The largest absolute Gasteiger partial charge is 0.391 e. The van der Waals surface area contributed by atoms with Gasteiger partial charge in [0.2, 0.25) is 5.91 Å². The van der Waals surface area contributed by atoms with Gasteiger partial charge in [-0.25, -0.2) is 0 Å². The fourth-order valence-corrected chi connectivity index (χ4v) is 2.18. The van der Waals surface area contributed by atoms with Crippen molar-refractivity contribution >= 4 is 5.91 Å². The van der Waals surface area contributed by atoms with E-state index >= 15 is 0 Å². The minimum atomic E-state index is -4.10. The number of likely N-dealkylation sites (tertiary alicyclic amines) is 1. The minimum Gasteiger partial charge on any atom is -0.345 e. The summed E-state index contributed by atoms with van der Waals surface area (Å²) >= 11 is 0. The predicted octanol–water partition coefficient (Wildman–Crippen LogP) is 1.07. The molecule has 112 valence electrons. The second-order valence-corrected chi connectivity index (χ2v) is 5.05. The molecular weight excluding hydrogens is 259 g/mol. The Morgan fingerprint density at radius 2 is 1.95 bits per heavy atom. The van der Waals surface area contributed by atoms with Crippen molar-refractivity contribution in [3.8, 4) is 0 Å². The van der Waals surface area contributed by atoms with Gasteiger partial charge in [-0.15, -0.1) is 0 Å². The number of likely N-dealkylation sites (N-methyl/N-ethyl adjacent to an activating group) is 1. The lowest BCUT2D eigenvalue weighted by Crippen LogP contribution is -2.44. The van der Waals surface area contributed by atoms with Crippen LogP contribution in [0.25, 0.3) is 0 Å². The Bertz CT molecular complexity index is 288. The van der Waals surface area contributed by atoms with Crippen LogP contribution in [0, 0.1) is 5.92 Å². The zero-order valence-electron chi connectivity index (χ0n) is 11.2. The van der Waals surface area contributed by atoms with Crippen molar-refractivity contribution in [3.63, 3.8) is 0 Å². The van der Waals surface area contributed by atoms with Crippen LogP contribution < -0.4 is 5.73 Å². The van der Waals surface area contributed by atoms with E-state index in [1.165, 1.54) is 0 Å². The molecule has 19 heavy (non-hydrogen) atoms. The quantitative estimate of drug-likeness (QED) is 0.820. The van der Waals surface area contributed by atoms with Crippen molar-refractivity contribution < 1.29 is 18.0 Å². The number of hydrogen-bond donors (Lipinski definition) is 1. The third-order valence-electron chi connectivity index (χ3n) is 3.53.